The molecule has 0 fully saturated rings. The second-order valence-corrected chi connectivity index (χ2v) is 7.17. The Morgan fingerprint density at radius 2 is 1.58 bits per heavy atom. The maximum Gasteiger partial charge on any atom is 0.309 e. The number of amides is 1. The van der Waals surface area contributed by atoms with Crippen LogP contribution < -0.4 is 5.32 Å². The topological polar surface area (TPSA) is 108 Å². The lowest BCUT2D eigenvalue weighted by Crippen LogP contribution is -2.16. The van der Waals surface area contributed by atoms with Crippen molar-refractivity contribution < 1.29 is 31.7 Å². The van der Waals surface area contributed by atoms with Crippen LogP contribution in [0.15, 0.2) is 6.20 Å². The molecule has 0 aliphatic heterocycles. The number of carbonyl (C=O) groups excluding carboxylic acids is 1. The Morgan fingerprint density at radius 3 is 2.12 bits per heavy atom. The van der Waals surface area contributed by atoms with E-state index in [1.807, 2.05) is 0 Å². The molecular formula is C19H17F5N6O3. The first-order valence-corrected chi connectivity index (χ1v) is 9.45. The molecule has 0 saturated heterocycles. The summed E-state index contributed by atoms with van der Waals surface area (Å²) in [5.41, 5.74) is -0.388. The van der Waals surface area contributed by atoms with E-state index in [1.54, 1.807) is 0 Å². The molecule has 0 radical (unpaired) electrons. The summed E-state index contributed by atoms with van der Waals surface area (Å²) in [4.78, 5) is 22.6. The smallest absolute Gasteiger partial charge is 0.309 e. The highest BCUT2D eigenvalue weighted by Crippen LogP contribution is 2.26. The zero-order valence-electron chi connectivity index (χ0n) is 17.5. The van der Waals surface area contributed by atoms with Gasteiger partial charge in [-0.25, -0.2) is 22.0 Å². The van der Waals surface area contributed by atoms with Gasteiger partial charge in [0, 0.05) is 13.0 Å². The van der Waals surface area contributed by atoms with Crippen molar-refractivity contribution in [2.24, 2.45) is 0 Å². The average Bonchev–Trinajstić information content (AvgIpc) is 3.26. The summed E-state index contributed by atoms with van der Waals surface area (Å²) in [5, 5.41) is 21.4. The van der Waals surface area contributed by atoms with Gasteiger partial charge < -0.3 is 5.32 Å². The number of carbonyl (C=O) groups is 1. The van der Waals surface area contributed by atoms with Crippen LogP contribution >= 0.6 is 0 Å². The monoisotopic (exact) mass is 472 g/mol. The van der Waals surface area contributed by atoms with Gasteiger partial charge in [-0.15, -0.1) is 0 Å². The van der Waals surface area contributed by atoms with Gasteiger partial charge in [-0.2, -0.15) is 10.2 Å². The molecule has 9 nitrogen and oxygen atoms in total. The summed E-state index contributed by atoms with van der Waals surface area (Å²) < 4.78 is 70.4. The number of nitrogens with zero attached hydrogens (tertiary/aromatic N) is 5. The Hall–Kier alpha value is -3.84. The van der Waals surface area contributed by atoms with Gasteiger partial charge in [0.25, 0.3) is 0 Å². The molecule has 1 amide bonds. The van der Waals surface area contributed by atoms with Crippen LogP contribution in [0.1, 0.15) is 29.1 Å². The molecule has 2 aromatic heterocycles. The van der Waals surface area contributed by atoms with E-state index in [0.29, 0.717) is 0 Å². The number of halogens is 5. The lowest BCUT2D eigenvalue weighted by molar-refractivity contribution is -0.385. The largest absolute Gasteiger partial charge is 0.323 e. The zero-order chi connectivity index (χ0) is 24.6. The Bertz CT molecular complexity index is 1240. The maximum absolute atomic E-state index is 14.0. The lowest BCUT2D eigenvalue weighted by atomic mass is 10.1. The maximum atomic E-state index is 14.0. The summed E-state index contributed by atoms with van der Waals surface area (Å²) in [6.07, 6.45) is 1.08. The number of nitro groups is 1. The van der Waals surface area contributed by atoms with Crippen molar-refractivity contribution in [2.45, 2.75) is 40.3 Å². The number of benzene rings is 1. The molecule has 0 unspecified atom stereocenters. The number of anilines is 1. The van der Waals surface area contributed by atoms with E-state index in [0.717, 1.165) is 4.68 Å². The Kier molecular flexibility index (Phi) is 6.46. The van der Waals surface area contributed by atoms with E-state index in [-0.39, 0.29) is 41.4 Å². The molecule has 1 aromatic carbocycles. The molecule has 3 rings (SSSR count). The number of aryl methyl sites for hydroxylation is 3. The van der Waals surface area contributed by atoms with Gasteiger partial charge in [-0.1, -0.05) is 0 Å². The second kappa shape index (κ2) is 8.96. The van der Waals surface area contributed by atoms with Gasteiger partial charge in [0.1, 0.15) is 11.9 Å². The molecular weight excluding hydrogens is 455 g/mol. The molecule has 33 heavy (non-hydrogen) atoms. The van der Waals surface area contributed by atoms with E-state index >= 15 is 0 Å². The molecule has 176 valence electrons. The molecule has 0 aliphatic rings. The van der Waals surface area contributed by atoms with Gasteiger partial charge in [-0.05, 0) is 20.8 Å². The first-order valence-electron chi connectivity index (χ1n) is 9.45. The van der Waals surface area contributed by atoms with E-state index in [4.69, 9.17) is 0 Å². The van der Waals surface area contributed by atoms with Crippen LogP contribution in [0.2, 0.25) is 0 Å². The predicted molar refractivity (Wildman–Crippen MR) is 104 cm³/mol. The van der Waals surface area contributed by atoms with Crippen molar-refractivity contribution in [3.05, 3.63) is 68.0 Å². The van der Waals surface area contributed by atoms with Crippen molar-refractivity contribution in [2.75, 3.05) is 5.32 Å². The normalized spacial score (nSPS) is 11.2. The first kappa shape index (κ1) is 23.8. The van der Waals surface area contributed by atoms with Crippen LogP contribution in [0.4, 0.5) is 33.3 Å². The van der Waals surface area contributed by atoms with Crippen LogP contribution in [-0.2, 0) is 17.9 Å². The fraction of sp³-hybridized carbons (Fsp3) is 0.316. The number of aromatic nitrogens is 4. The molecule has 1 N–H and O–H groups in total. The zero-order valence-corrected chi connectivity index (χ0v) is 17.5. The Labute approximate surface area is 183 Å². The summed E-state index contributed by atoms with van der Waals surface area (Å²) >= 11 is 0. The van der Waals surface area contributed by atoms with Gasteiger partial charge >= 0.3 is 5.69 Å². The van der Waals surface area contributed by atoms with Crippen molar-refractivity contribution in [3.8, 4) is 0 Å². The predicted octanol–water partition coefficient (Wildman–Crippen LogP) is 3.69. The number of hydrogen-bond donors (Lipinski definition) is 1. The highest BCUT2D eigenvalue weighted by Gasteiger charge is 2.27. The quantitative estimate of drug-likeness (QED) is 0.186. The van der Waals surface area contributed by atoms with Gasteiger partial charge in [-0.3, -0.25) is 24.3 Å². The van der Waals surface area contributed by atoms with Crippen LogP contribution in [0.3, 0.4) is 0 Å². The Morgan fingerprint density at radius 1 is 1.00 bits per heavy atom. The summed E-state index contributed by atoms with van der Waals surface area (Å²) in [6, 6.07) is 0. The van der Waals surface area contributed by atoms with Crippen molar-refractivity contribution in [1.29, 1.82) is 0 Å². The van der Waals surface area contributed by atoms with E-state index in [2.05, 4.69) is 15.5 Å². The minimum Gasteiger partial charge on any atom is -0.323 e. The van der Waals surface area contributed by atoms with E-state index < -0.39 is 52.0 Å². The standard InChI is InChI=1S/C19H17F5N6O3/c1-8-12(30(32)33)7-28(26-8)5-4-13(31)25-19-9(2)27-29(10(19)3)6-11-14(20)16(22)18(24)17(23)15(11)21/h7H,4-6H2,1-3H3,(H,25,31). The van der Waals surface area contributed by atoms with Crippen LogP contribution in [-0.4, -0.2) is 30.4 Å². The number of hydrogen-bond acceptors (Lipinski definition) is 5. The first-order chi connectivity index (χ1) is 15.4. The molecule has 2 heterocycles. The molecule has 0 bridgehead atoms. The molecule has 3 aromatic rings. The highest BCUT2D eigenvalue weighted by molar-refractivity contribution is 5.91. The second-order valence-electron chi connectivity index (χ2n) is 7.17. The molecule has 14 heteroatoms. The third-order valence-corrected chi connectivity index (χ3v) is 4.94. The minimum atomic E-state index is -2.26. The third-order valence-electron chi connectivity index (χ3n) is 4.94. The molecule has 0 spiro atoms. The van der Waals surface area contributed by atoms with Crippen LogP contribution in [0.5, 0.6) is 0 Å². The summed E-state index contributed by atoms with van der Waals surface area (Å²) in [6.45, 7) is 3.67. The summed E-state index contributed by atoms with van der Waals surface area (Å²) in [7, 11) is 0. The summed E-state index contributed by atoms with van der Waals surface area (Å²) in [5.74, 6) is -10.8. The fourth-order valence-corrected chi connectivity index (χ4v) is 3.19. The third kappa shape index (κ3) is 4.54. The lowest BCUT2D eigenvalue weighted by Gasteiger charge is -2.10. The van der Waals surface area contributed by atoms with Gasteiger partial charge in [0.15, 0.2) is 23.3 Å². The Balaban J connectivity index is 1.76. The molecule has 0 aliphatic carbocycles. The highest BCUT2D eigenvalue weighted by atomic mass is 19.2. The van der Waals surface area contributed by atoms with Gasteiger partial charge in [0.05, 0.1) is 34.1 Å². The van der Waals surface area contributed by atoms with Crippen molar-refractivity contribution in [1.82, 2.24) is 19.6 Å². The SMILES string of the molecule is Cc1nn(CCC(=O)Nc2c(C)nn(Cc3c(F)c(F)c(F)c(F)c3F)c2C)cc1[N+](=O)[O-]. The van der Waals surface area contributed by atoms with Crippen LogP contribution in [0.25, 0.3) is 0 Å². The molecule has 0 atom stereocenters. The van der Waals surface area contributed by atoms with Crippen molar-refractivity contribution in [3.63, 3.8) is 0 Å². The van der Waals surface area contributed by atoms with Crippen LogP contribution in [0, 0.1) is 60.0 Å². The fourth-order valence-electron chi connectivity index (χ4n) is 3.19. The molecule has 0 saturated carbocycles. The number of nitrogens with one attached hydrogen (secondary N) is 1. The average molecular weight is 472 g/mol. The van der Waals surface area contributed by atoms with Gasteiger partial charge in [0.2, 0.25) is 11.7 Å². The van der Waals surface area contributed by atoms with E-state index in [9.17, 15) is 36.9 Å². The van der Waals surface area contributed by atoms with E-state index in [1.165, 1.54) is 31.6 Å². The van der Waals surface area contributed by atoms with Crippen molar-refractivity contribution >= 4 is 17.3 Å². The number of rotatable bonds is 7. The minimum absolute atomic E-state index is 0.0390.